The average Bonchev–Trinajstić information content (AvgIpc) is 3.05. The number of fused-ring (bicyclic) bond motifs is 1. The summed E-state index contributed by atoms with van der Waals surface area (Å²) < 4.78 is 7.01. The van der Waals surface area contributed by atoms with Gasteiger partial charge in [-0.25, -0.2) is 4.79 Å². The molecule has 112 valence electrons. The summed E-state index contributed by atoms with van der Waals surface area (Å²) in [4.78, 5) is 14.6. The van der Waals surface area contributed by atoms with Crippen molar-refractivity contribution in [2.45, 2.75) is 39.2 Å². The molecule has 1 saturated heterocycles. The van der Waals surface area contributed by atoms with Crippen molar-refractivity contribution in [3.8, 4) is 0 Å². The van der Waals surface area contributed by atoms with Crippen LogP contribution >= 0.6 is 0 Å². The molecule has 1 aromatic heterocycles. The van der Waals surface area contributed by atoms with Gasteiger partial charge in [0.15, 0.2) is 0 Å². The van der Waals surface area contributed by atoms with Gasteiger partial charge < -0.3 is 9.64 Å². The van der Waals surface area contributed by atoms with Gasteiger partial charge in [0.1, 0.15) is 5.60 Å². The molecule has 0 unspecified atom stereocenters. The van der Waals surface area contributed by atoms with E-state index >= 15 is 0 Å². The zero-order valence-electron chi connectivity index (χ0n) is 12.9. The predicted octanol–water partition coefficient (Wildman–Crippen LogP) is 4.02. The van der Waals surface area contributed by atoms with Crippen LogP contribution in [0.1, 0.15) is 33.6 Å². The molecule has 0 amide bonds. The van der Waals surface area contributed by atoms with E-state index in [1.807, 2.05) is 32.9 Å². The van der Waals surface area contributed by atoms with Crippen LogP contribution in [0.4, 0.5) is 10.5 Å². The fourth-order valence-electron chi connectivity index (χ4n) is 2.77. The molecule has 1 aromatic carbocycles. The number of hydrogen-bond acceptors (Lipinski definition) is 3. The van der Waals surface area contributed by atoms with E-state index in [1.54, 1.807) is 10.8 Å². The van der Waals surface area contributed by atoms with Crippen molar-refractivity contribution >= 4 is 22.7 Å². The monoisotopic (exact) mass is 286 g/mol. The Hall–Kier alpha value is -1.97. The fraction of sp³-hybridized carbons (Fsp3) is 0.471. The number of ether oxygens (including phenoxy) is 1. The molecule has 1 aliphatic heterocycles. The first-order chi connectivity index (χ1) is 9.94. The highest BCUT2D eigenvalue weighted by Gasteiger charge is 2.19. The maximum Gasteiger partial charge on any atom is 0.418 e. The summed E-state index contributed by atoms with van der Waals surface area (Å²) in [6.45, 7) is 7.88. The summed E-state index contributed by atoms with van der Waals surface area (Å²) >= 11 is 0. The van der Waals surface area contributed by atoms with Gasteiger partial charge in [-0.3, -0.25) is 4.57 Å². The number of nitrogens with zero attached hydrogens (tertiary/aromatic N) is 2. The van der Waals surface area contributed by atoms with Crippen molar-refractivity contribution in [2.24, 2.45) is 0 Å². The Labute approximate surface area is 125 Å². The van der Waals surface area contributed by atoms with E-state index in [2.05, 4.69) is 17.0 Å². The van der Waals surface area contributed by atoms with Gasteiger partial charge in [0, 0.05) is 30.4 Å². The third-order valence-electron chi connectivity index (χ3n) is 3.74. The summed E-state index contributed by atoms with van der Waals surface area (Å²) in [5.74, 6) is 0. The van der Waals surface area contributed by atoms with Crippen molar-refractivity contribution in [1.29, 1.82) is 0 Å². The van der Waals surface area contributed by atoms with E-state index in [9.17, 15) is 4.79 Å². The molecule has 0 spiro atoms. The molecule has 21 heavy (non-hydrogen) atoms. The van der Waals surface area contributed by atoms with Crippen LogP contribution in [-0.4, -0.2) is 29.4 Å². The molecule has 0 saturated carbocycles. The maximum absolute atomic E-state index is 12.2. The SMILES string of the molecule is CC(C)(C)OC(=O)n1ccc2cc(N3CCCC3)ccc21. The molecule has 0 atom stereocenters. The molecule has 3 rings (SSSR count). The van der Waals surface area contributed by atoms with E-state index in [0.717, 1.165) is 24.0 Å². The van der Waals surface area contributed by atoms with Crippen LogP contribution in [0.5, 0.6) is 0 Å². The topological polar surface area (TPSA) is 34.5 Å². The maximum atomic E-state index is 12.2. The van der Waals surface area contributed by atoms with E-state index in [1.165, 1.54) is 18.5 Å². The molecule has 4 nitrogen and oxygen atoms in total. The summed E-state index contributed by atoms with van der Waals surface area (Å²) in [6, 6.07) is 8.22. The van der Waals surface area contributed by atoms with Crippen LogP contribution in [0.25, 0.3) is 10.9 Å². The zero-order valence-corrected chi connectivity index (χ0v) is 12.9. The highest BCUT2D eigenvalue weighted by atomic mass is 16.6. The largest absolute Gasteiger partial charge is 0.443 e. The number of anilines is 1. The number of carbonyl (C=O) groups excluding carboxylic acids is 1. The second kappa shape index (κ2) is 5.10. The standard InChI is InChI=1S/C17H22N2O2/c1-17(2,3)21-16(20)19-11-8-13-12-14(6-7-15(13)19)18-9-4-5-10-18/h6-8,11-12H,4-5,9-10H2,1-3H3. The third-order valence-corrected chi connectivity index (χ3v) is 3.74. The van der Waals surface area contributed by atoms with Crippen molar-refractivity contribution in [3.05, 3.63) is 30.5 Å². The lowest BCUT2D eigenvalue weighted by molar-refractivity contribution is 0.0544. The van der Waals surface area contributed by atoms with Gasteiger partial charge in [0.2, 0.25) is 0 Å². The highest BCUT2D eigenvalue weighted by molar-refractivity contribution is 5.91. The van der Waals surface area contributed by atoms with E-state index in [4.69, 9.17) is 4.74 Å². The molecule has 0 aliphatic carbocycles. The molecular formula is C17H22N2O2. The molecule has 2 heterocycles. The molecule has 0 bridgehead atoms. The summed E-state index contributed by atoms with van der Waals surface area (Å²) in [6.07, 6.45) is 3.98. The summed E-state index contributed by atoms with van der Waals surface area (Å²) in [5, 5.41) is 1.07. The van der Waals surface area contributed by atoms with Crippen molar-refractivity contribution in [3.63, 3.8) is 0 Å². The van der Waals surface area contributed by atoms with Gasteiger partial charge in [-0.15, -0.1) is 0 Å². The smallest absolute Gasteiger partial charge is 0.418 e. The Morgan fingerprint density at radius 3 is 2.52 bits per heavy atom. The van der Waals surface area contributed by atoms with Gasteiger partial charge in [-0.2, -0.15) is 0 Å². The van der Waals surface area contributed by atoms with Crippen LogP contribution < -0.4 is 4.90 Å². The second-order valence-electron chi connectivity index (χ2n) is 6.60. The fourth-order valence-corrected chi connectivity index (χ4v) is 2.77. The molecule has 0 radical (unpaired) electrons. The molecule has 1 fully saturated rings. The zero-order chi connectivity index (χ0) is 15.0. The number of hydrogen-bond donors (Lipinski definition) is 0. The van der Waals surface area contributed by atoms with Crippen molar-refractivity contribution in [1.82, 2.24) is 4.57 Å². The summed E-state index contributed by atoms with van der Waals surface area (Å²) in [7, 11) is 0. The minimum absolute atomic E-state index is 0.327. The van der Waals surface area contributed by atoms with Gasteiger partial charge >= 0.3 is 6.09 Å². The first kappa shape index (κ1) is 14.0. The highest BCUT2D eigenvalue weighted by Crippen LogP contribution is 2.26. The van der Waals surface area contributed by atoms with Crippen LogP contribution in [-0.2, 0) is 4.74 Å². The third kappa shape index (κ3) is 2.89. The Morgan fingerprint density at radius 2 is 1.86 bits per heavy atom. The van der Waals surface area contributed by atoms with E-state index < -0.39 is 5.60 Å². The second-order valence-corrected chi connectivity index (χ2v) is 6.60. The van der Waals surface area contributed by atoms with Crippen LogP contribution in [0.3, 0.4) is 0 Å². The van der Waals surface area contributed by atoms with Crippen LogP contribution in [0.2, 0.25) is 0 Å². The molecule has 4 heteroatoms. The minimum atomic E-state index is -0.483. The van der Waals surface area contributed by atoms with Crippen LogP contribution in [0.15, 0.2) is 30.5 Å². The van der Waals surface area contributed by atoms with Gasteiger partial charge in [-0.05, 0) is 57.9 Å². The van der Waals surface area contributed by atoms with Crippen molar-refractivity contribution < 1.29 is 9.53 Å². The van der Waals surface area contributed by atoms with Crippen LogP contribution in [0, 0.1) is 0 Å². The lowest BCUT2D eigenvalue weighted by atomic mass is 10.2. The number of aromatic nitrogens is 1. The lowest BCUT2D eigenvalue weighted by Crippen LogP contribution is -2.26. The van der Waals surface area contributed by atoms with Gasteiger partial charge in [-0.1, -0.05) is 0 Å². The Morgan fingerprint density at radius 1 is 1.14 bits per heavy atom. The Bertz CT molecular complexity index is 661. The first-order valence-electron chi connectivity index (χ1n) is 7.53. The van der Waals surface area contributed by atoms with Gasteiger partial charge in [0.25, 0.3) is 0 Å². The number of rotatable bonds is 1. The number of benzene rings is 1. The molecule has 1 aliphatic rings. The summed E-state index contributed by atoms with van der Waals surface area (Å²) in [5.41, 5.74) is 1.65. The van der Waals surface area contributed by atoms with Gasteiger partial charge in [0.05, 0.1) is 5.52 Å². The quantitative estimate of drug-likeness (QED) is 0.794. The first-order valence-corrected chi connectivity index (χ1v) is 7.53. The normalized spacial score (nSPS) is 15.7. The number of carbonyl (C=O) groups is 1. The van der Waals surface area contributed by atoms with E-state index in [-0.39, 0.29) is 6.09 Å². The molecule has 0 N–H and O–H groups in total. The Kier molecular flexibility index (Phi) is 3.40. The molecule has 2 aromatic rings. The minimum Gasteiger partial charge on any atom is -0.443 e. The lowest BCUT2D eigenvalue weighted by Gasteiger charge is -2.20. The molecular weight excluding hydrogens is 264 g/mol. The predicted molar refractivity (Wildman–Crippen MR) is 85.0 cm³/mol. The van der Waals surface area contributed by atoms with E-state index in [0.29, 0.717) is 0 Å². The Balaban J connectivity index is 1.90. The van der Waals surface area contributed by atoms with Crippen molar-refractivity contribution in [2.75, 3.05) is 18.0 Å². The average molecular weight is 286 g/mol.